The highest BCUT2D eigenvalue weighted by Gasteiger charge is 2.17. The lowest BCUT2D eigenvalue weighted by Crippen LogP contribution is -2.14. The van der Waals surface area contributed by atoms with Gasteiger partial charge < -0.3 is 10.5 Å². The minimum Gasteiger partial charge on any atom is -0.493 e. The largest absolute Gasteiger partial charge is 0.493 e. The summed E-state index contributed by atoms with van der Waals surface area (Å²) in [4.78, 5) is 1.29. The Balaban J connectivity index is 1.93. The average Bonchev–Trinajstić information content (AvgIpc) is 2.94. The van der Waals surface area contributed by atoms with Gasteiger partial charge in [0.25, 0.3) is 0 Å². The van der Waals surface area contributed by atoms with Crippen LogP contribution in [0.2, 0.25) is 0 Å². The molecule has 0 aliphatic carbocycles. The van der Waals surface area contributed by atoms with Crippen molar-refractivity contribution in [3.63, 3.8) is 0 Å². The zero-order chi connectivity index (χ0) is 13.2. The fourth-order valence-corrected chi connectivity index (χ4v) is 3.66. The molecule has 1 aromatic heterocycles. The van der Waals surface area contributed by atoms with E-state index in [1.165, 1.54) is 21.6 Å². The molecular weight excluding hydrogens is 254 g/mol. The SMILES string of the molecule is CCc1ccsc1C(N)c1ccc2c(c1)CCCO2. The van der Waals surface area contributed by atoms with Gasteiger partial charge in [0.2, 0.25) is 0 Å². The van der Waals surface area contributed by atoms with E-state index in [-0.39, 0.29) is 6.04 Å². The number of ether oxygens (including phenoxy) is 1. The van der Waals surface area contributed by atoms with E-state index in [4.69, 9.17) is 10.5 Å². The summed E-state index contributed by atoms with van der Waals surface area (Å²) in [5.41, 5.74) is 10.3. The fraction of sp³-hybridized carbons (Fsp3) is 0.375. The summed E-state index contributed by atoms with van der Waals surface area (Å²) in [6, 6.07) is 8.57. The van der Waals surface area contributed by atoms with Gasteiger partial charge in [-0.25, -0.2) is 0 Å². The molecule has 1 unspecified atom stereocenters. The van der Waals surface area contributed by atoms with Crippen molar-refractivity contribution in [1.82, 2.24) is 0 Å². The number of benzene rings is 1. The molecule has 0 amide bonds. The van der Waals surface area contributed by atoms with Crippen LogP contribution < -0.4 is 10.5 Å². The van der Waals surface area contributed by atoms with Gasteiger partial charge in [-0.1, -0.05) is 19.1 Å². The minimum absolute atomic E-state index is 0.0119. The molecule has 0 bridgehead atoms. The molecule has 2 nitrogen and oxygen atoms in total. The van der Waals surface area contributed by atoms with Gasteiger partial charge in [0.1, 0.15) is 5.75 Å². The van der Waals surface area contributed by atoms with E-state index >= 15 is 0 Å². The maximum atomic E-state index is 6.44. The Bertz CT molecular complexity index is 576. The summed E-state index contributed by atoms with van der Waals surface area (Å²) in [5, 5.41) is 2.13. The predicted molar refractivity (Wildman–Crippen MR) is 80.0 cm³/mol. The highest BCUT2D eigenvalue weighted by molar-refractivity contribution is 7.10. The molecule has 0 radical (unpaired) electrons. The second-order valence-corrected chi connectivity index (χ2v) is 5.91. The van der Waals surface area contributed by atoms with Crippen LogP contribution in [-0.4, -0.2) is 6.61 Å². The summed E-state index contributed by atoms with van der Waals surface area (Å²) in [5.74, 6) is 1.03. The van der Waals surface area contributed by atoms with E-state index in [0.717, 1.165) is 31.6 Å². The first-order valence-corrected chi connectivity index (χ1v) is 7.75. The Morgan fingerprint density at radius 3 is 3.11 bits per heavy atom. The predicted octanol–water partition coefficient (Wildman–Crippen LogP) is 3.68. The molecule has 0 saturated carbocycles. The third kappa shape index (κ3) is 2.40. The molecule has 3 rings (SSSR count). The number of hydrogen-bond donors (Lipinski definition) is 1. The first-order chi connectivity index (χ1) is 9.29. The molecule has 1 aliphatic rings. The van der Waals surface area contributed by atoms with E-state index in [1.807, 2.05) is 0 Å². The second kappa shape index (κ2) is 5.35. The van der Waals surface area contributed by atoms with Crippen molar-refractivity contribution in [1.29, 1.82) is 0 Å². The lowest BCUT2D eigenvalue weighted by atomic mass is 9.97. The third-order valence-electron chi connectivity index (χ3n) is 3.74. The molecular formula is C16H19NOS. The Hall–Kier alpha value is -1.32. The van der Waals surface area contributed by atoms with Crippen LogP contribution in [-0.2, 0) is 12.8 Å². The van der Waals surface area contributed by atoms with Gasteiger partial charge >= 0.3 is 0 Å². The monoisotopic (exact) mass is 273 g/mol. The molecule has 2 N–H and O–H groups in total. The summed E-state index contributed by atoms with van der Waals surface area (Å²) in [6.07, 6.45) is 3.24. The number of fused-ring (bicyclic) bond motifs is 1. The summed E-state index contributed by atoms with van der Waals surface area (Å²) in [7, 11) is 0. The van der Waals surface area contributed by atoms with Gasteiger partial charge in [0.05, 0.1) is 12.6 Å². The highest BCUT2D eigenvalue weighted by atomic mass is 32.1. The van der Waals surface area contributed by atoms with E-state index in [9.17, 15) is 0 Å². The molecule has 1 aliphatic heterocycles. The molecule has 0 spiro atoms. The van der Waals surface area contributed by atoms with Gasteiger partial charge in [-0.2, -0.15) is 0 Å². The first kappa shape index (κ1) is 12.7. The van der Waals surface area contributed by atoms with Gasteiger partial charge in [-0.3, -0.25) is 0 Å². The standard InChI is InChI=1S/C16H19NOS/c1-2-11-7-9-19-16(11)15(17)13-5-6-14-12(10-13)4-3-8-18-14/h5-7,9-10,15H,2-4,8,17H2,1H3. The molecule has 3 heteroatoms. The van der Waals surface area contributed by atoms with Crippen LogP contribution in [0.15, 0.2) is 29.6 Å². The van der Waals surface area contributed by atoms with Crippen molar-refractivity contribution in [3.8, 4) is 5.75 Å². The molecule has 1 atom stereocenters. The van der Waals surface area contributed by atoms with Crippen molar-refractivity contribution >= 4 is 11.3 Å². The van der Waals surface area contributed by atoms with Crippen molar-refractivity contribution in [2.75, 3.05) is 6.61 Å². The van der Waals surface area contributed by atoms with Crippen LogP contribution in [0.4, 0.5) is 0 Å². The highest BCUT2D eigenvalue weighted by Crippen LogP contribution is 2.32. The van der Waals surface area contributed by atoms with Gasteiger partial charge in [-0.15, -0.1) is 11.3 Å². The van der Waals surface area contributed by atoms with Crippen LogP contribution in [0.5, 0.6) is 5.75 Å². The maximum Gasteiger partial charge on any atom is 0.122 e. The Kier molecular flexibility index (Phi) is 3.58. The number of rotatable bonds is 3. The third-order valence-corrected chi connectivity index (χ3v) is 4.78. The number of hydrogen-bond acceptors (Lipinski definition) is 3. The molecule has 1 aromatic carbocycles. The average molecular weight is 273 g/mol. The lowest BCUT2D eigenvalue weighted by Gasteiger charge is -2.20. The first-order valence-electron chi connectivity index (χ1n) is 6.87. The second-order valence-electron chi connectivity index (χ2n) is 4.96. The fourth-order valence-electron chi connectivity index (χ4n) is 2.64. The van der Waals surface area contributed by atoms with Gasteiger partial charge in [0, 0.05) is 4.88 Å². The Morgan fingerprint density at radius 2 is 2.26 bits per heavy atom. The van der Waals surface area contributed by atoms with Crippen LogP contribution in [0.25, 0.3) is 0 Å². The zero-order valence-electron chi connectivity index (χ0n) is 11.2. The van der Waals surface area contributed by atoms with Gasteiger partial charge in [0.15, 0.2) is 0 Å². The van der Waals surface area contributed by atoms with Crippen molar-refractivity contribution in [2.45, 2.75) is 32.2 Å². The molecule has 0 fully saturated rings. The van der Waals surface area contributed by atoms with Crippen LogP contribution in [0, 0.1) is 0 Å². The molecule has 100 valence electrons. The number of thiophene rings is 1. The number of nitrogens with two attached hydrogens (primary N) is 1. The number of aryl methyl sites for hydroxylation is 2. The van der Waals surface area contributed by atoms with Gasteiger partial charge in [-0.05, 0) is 53.5 Å². The smallest absolute Gasteiger partial charge is 0.122 e. The Labute approximate surface area is 118 Å². The summed E-state index contributed by atoms with van der Waals surface area (Å²) < 4.78 is 5.66. The molecule has 2 aromatic rings. The van der Waals surface area contributed by atoms with E-state index < -0.39 is 0 Å². The van der Waals surface area contributed by atoms with Crippen molar-refractivity contribution in [3.05, 3.63) is 51.2 Å². The summed E-state index contributed by atoms with van der Waals surface area (Å²) >= 11 is 1.76. The van der Waals surface area contributed by atoms with Crippen LogP contribution in [0.3, 0.4) is 0 Å². The Morgan fingerprint density at radius 1 is 1.37 bits per heavy atom. The molecule has 19 heavy (non-hydrogen) atoms. The quantitative estimate of drug-likeness (QED) is 0.925. The summed E-state index contributed by atoms with van der Waals surface area (Å²) in [6.45, 7) is 3.02. The van der Waals surface area contributed by atoms with Crippen molar-refractivity contribution in [2.24, 2.45) is 5.73 Å². The maximum absolute atomic E-state index is 6.44. The lowest BCUT2D eigenvalue weighted by molar-refractivity contribution is 0.288. The topological polar surface area (TPSA) is 35.2 Å². The van der Waals surface area contributed by atoms with Crippen LogP contribution >= 0.6 is 11.3 Å². The molecule has 2 heterocycles. The normalized spacial score (nSPS) is 15.7. The minimum atomic E-state index is -0.0119. The van der Waals surface area contributed by atoms with Crippen LogP contribution in [0.1, 0.15) is 41.0 Å². The van der Waals surface area contributed by atoms with E-state index in [0.29, 0.717) is 0 Å². The van der Waals surface area contributed by atoms with Crippen molar-refractivity contribution < 1.29 is 4.74 Å². The molecule has 0 saturated heterocycles. The van der Waals surface area contributed by atoms with E-state index in [1.54, 1.807) is 11.3 Å². The zero-order valence-corrected chi connectivity index (χ0v) is 12.0. The van der Waals surface area contributed by atoms with E-state index in [2.05, 4.69) is 36.6 Å².